The molecule has 3 heterocycles. The smallest absolute Gasteiger partial charge is 0.338 e. The SMILES string of the molecule is CN(C)C=Nc1ncn([C@@H]2C[C@H](OC(=O)c3ccc(Cl)cc3)[C@@H](COC(=O)c3ccc(Cl)cc3)O2)c2nc(=O)c(-c3ccccc3)nc1-2. The summed E-state index contributed by atoms with van der Waals surface area (Å²) in [5.74, 6) is -0.839. The summed E-state index contributed by atoms with van der Waals surface area (Å²) < 4.78 is 19.3. The minimum Gasteiger partial charge on any atom is -0.459 e. The Balaban J connectivity index is 1.34. The maximum absolute atomic E-state index is 13.3. The lowest BCUT2D eigenvalue weighted by Crippen LogP contribution is -2.32. The Kier molecular flexibility index (Phi) is 9.76. The van der Waals surface area contributed by atoms with E-state index in [4.69, 9.17) is 37.4 Å². The average molecular weight is 688 g/mol. The van der Waals surface area contributed by atoms with Gasteiger partial charge in [-0.2, -0.15) is 4.98 Å². The molecule has 244 valence electrons. The van der Waals surface area contributed by atoms with Crippen LogP contribution in [-0.2, 0) is 14.2 Å². The molecule has 0 aromatic heterocycles. The number of hydrogen-bond donors (Lipinski definition) is 0. The highest BCUT2D eigenvalue weighted by Gasteiger charge is 2.41. The van der Waals surface area contributed by atoms with E-state index in [9.17, 15) is 14.4 Å². The molecule has 1 fully saturated rings. The summed E-state index contributed by atoms with van der Waals surface area (Å²) in [5.41, 5.74) is 0.979. The van der Waals surface area contributed by atoms with Crippen molar-refractivity contribution >= 4 is 47.3 Å². The summed E-state index contributed by atoms with van der Waals surface area (Å²) in [6.07, 6.45) is 0.509. The van der Waals surface area contributed by atoms with Crippen molar-refractivity contribution < 1.29 is 23.8 Å². The van der Waals surface area contributed by atoms with Crippen LogP contribution in [0, 0.1) is 0 Å². The lowest BCUT2D eigenvalue weighted by Gasteiger charge is -2.21. The maximum Gasteiger partial charge on any atom is 0.338 e. The summed E-state index contributed by atoms with van der Waals surface area (Å²) in [5, 5.41) is 0.936. The highest BCUT2D eigenvalue weighted by molar-refractivity contribution is 6.31. The first-order valence-electron chi connectivity index (χ1n) is 14.8. The number of halogens is 2. The monoisotopic (exact) mass is 686 g/mol. The second-order valence-electron chi connectivity index (χ2n) is 11.0. The van der Waals surface area contributed by atoms with Crippen LogP contribution < -0.4 is 5.56 Å². The molecule has 0 bridgehead atoms. The van der Waals surface area contributed by atoms with E-state index in [2.05, 4.69) is 19.9 Å². The first-order valence-corrected chi connectivity index (χ1v) is 15.5. The fourth-order valence-electron chi connectivity index (χ4n) is 5.00. The lowest BCUT2D eigenvalue weighted by atomic mass is 10.1. The van der Waals surface area contributed by atoms with E-state index in [1.54, 1.807) is 71.9 Å². The van der Waals surface area contributed by atoms with Gasteiger partial charge in [0.1, 0.15) is 37.1 Å². The van der Waals surface area contributed by atoms with Crippen LogP contribution in [0.1, 0.15) is 33.4 Å². The molecular formula is C34H28Cl2N6O6. The van der Waals surface area contributed by atoms with Crippen LogP contribution in [0.5, 0.6) is 0 Å². The van der Waals surface area contributed by atoms with Crippen LogP contribution in [0.3, 0.4) is 0 Å². The number of rotatable bonds is 9. The van der Waals surface area contributed by atoms with E-state index >= 15 is 0 Å². The van der Waals surface area contributed by atoms with Gasteiger partial charge >= 0.3 is 11.9 Å². The molecule has 12 nitrogen and oxygen atoms in total. The third-order valence-corrected chi connectivity index (χ3v) is 7.86. The molecular weight excluding hydrogens is 659 g/mol. The Bertz CT molecular complexity index is 1990. The molecule has 48 heavy (non-hydrogen) atoms. The molecule has 0 aliphatic carbocycles. The number of carbonyl (C=O) groups excluding carboxylic acids is 2. The largest absolute Gasteiger partial charge is 0.459 e. The van der Waals surface area contributed by atoms with Gasteiger partial charge in [-0.25, -0.2) is 24.5 Å². The van der Waals surface area contributed by atoms with E-state index in [0.29, 0.717) is 15.6 Å². The van der Waals surface area contributed by atoms with E-state index in [-0.39, 0.29) is 47.2 Å². The first kappa shape index (κ1) is 32.8. The zero-order valence-electron chi connectivity index (χ0n) is 25.7. The third kappa shape index (κ3) is 7.36. The van der Waals surface area contributed by atoms with Gasteiger partial charge in [0.25, 0.3) is 5.56 Å². The quantitative estimate of drug-likeness (QED) is 0.108. The molecule has 0 unspecified atom stereocenters. The molecule has 3 aliphatic rings. The highest BCUT2D eigenvalue weighted by atomic mass is 35.5. The average Bonchev–Trinajstić information content (AvgIpc) is 3.48. The maximum atomic E-state index is 13.3. The van der Waals surface area contributed by atoms with Gasteiger partial charge in [-0.1, -0.05) is 53.5 Å². The number of aromatic nitrogens is 4. The summed E-state index contributed by atoms with van der Waals surface area (Å²) in [6, 6.07) is 21.4. The Morgan fingerprint density at radius 3 is 2.23 bits per heavy atom. The van der Waals surface area contributed by atoms with E-state index in [1.165, 1.54) is 23.0 Å². The molecule has 14 heteroatoms. The van der Waals surface area contributed by atoms with Gasteiger partial charge in [-0.15, -0.1) is 0 Å². The van der Waals surface area contributed by atoms with Gasteiger partial charge < -0.3 is 19.1 Å². The second-order valence-corrected chi connectivity index (χ2v) is 11.9. The molecule has 3 aliphatic heterocycles. The zero-order chi connectivity index (χ0) is 33.8. The number of fused-ring (bicyclic) bond motifs is 1. The molecule has 0 spiro atoms. The van der Waals surface area contributed by atoms with Gasteiger partial charge in [-0.3, -0.25) is 9.36 Å². The van der Waals surface area contributed by atoms with E-state index in [1.807, 2.05) is 20.2 Å². The number of aliphatic imine (C=N–C) groups is 1. The number of esters is 2. The van der Waals surface area contributed by atoms with E-state index in [0.717, 1.165) is 0 Å². The predicted octanol–water partition coefficient (Wildman–Crippen LogP) is 5.70. The molecule has 1 saturated heterocycles. The minimum atomic E-state index is -0.889. The van der Waals surface area contributed by atoms with Crippen LogP contribution in [0.25, 0.3) is 22.8 Å². The van der Waals surface area contributed by atoms with Crippen molar-refractivity contribution in [3.05, 3.63) is 117 Å². The number of carbonyl (C=O) groups is 2. The number of nitrogens with zero attached hydrogens (tertiary/aromatic N) is 6. The second kappa shape index (κ2) is 14.3. The standard InChI is InChI=1S/C34H28Cl2N6O6/c1-41(2)18-37-30-29-31(40-32(43)28(39-29)20-6-4-3-5-7-20)42(19-38-30)27-16-25(48-34(45)22-10-14-24(36)15-11-22)26(47-27)17-46-33(44)21-8-12-23(35)13-9-21/h3-15,18-19,25-27H,16-17H2,1-2H3/t25-,26+,27-/m0/s1. The van der Waals surface area contributed by atoms with Crippen LogP contribution in [-0.4, -0.2) is 75.6 Å². The van der Waals surface area contributed by atoms with Crippen molar-refractivity contribution in [3.63, 3.8) is 0 Å². The number of benzene rings is 3. The normalized spacial score (nSPS) is 17.5. The Morgan fingerprint density at radius 1 is 0.938 bits per heavy atom. The van der Waals surface area contributed by atoms with Crippen LogP contribution in [0.4, 0.5) is 5.82 Å². The van der Waals surface area contributed by atoms with Crippen molar-refractivity contribution in [2.24, 2.45) is 4.99 Å². The fourth-order valence-corrected chi connectivity index (χ4v) is 5.25. The zero-order valence-corrected chi connectivity index (χ0v) is 27.2. The van der Waals surface area contributed by atoms with Crippen molar-refractivity contribution in [1.82, 2.24) is 24.4 Å². The van der Waals surface area contributed by atoms with Gasteiger partial charge in [0.15, 0.2) is 17.3 Å². The highest BCUT2D eigenvalue weighted by Crippen LogP contribution is 2.36. The summed E-state index contributed by atoms with van der Waals surface area (Å²) in [7, 11) is 3.62. The van der Waals surface area contributed by atoms with Crippen molar-refractivity contribution in [2.75, 3.05) is 20.7 Å². The Morgan fingerprint density at radius 2 is 1.58 bits per heavy atom. The third-order valence-electron chi connectivity index (χ3n) is 7.35. The topological polar surface area (TPSA) is 138 Å². The predicted molar refractivity (Wildman–Crippen MR) is 179 cm³/mol. The summed E-state index contributed by atoms with van der Waals surface area (Å²) in [6.45, 7) is -0.246. The van der Waals surface area contributed by atoms with Crippen molar-refractivity contribution in [3.8, 4) is 22.8 Å². The molecule has 3 aromatic carbocycles. The van der Waals surface area contributed by atoms with Gasteiger partial charge in [0, 0.05) is 36.1 Å². The van der Waals surface area contributed by atoms with E-state index < -0.39 is 35.9 Å². The lowest BCUT2D eigenvalue weighted by molar-refractivity contribution is -0.0572. The molecule has 6 rings (SSSR count). The van der Waals surface area contributed by atoms with Gasteiger partial charge in [0.2, 0.25) is 0 Å². The molecule has 0 N–H and O–H groups in total. The first-order chi connectivity index (χ1) is 23.2. The molecule has 0 saturated carbocycles. The molecule has 3 atom stereocenters. The summed E-state index contributed by atoms with van der Waals surface area (Å²) in [4.78, 5) is 59.1. The molecule has 3 aromatic rings. The molecule has 0 amide bonds. The number of hydrogen-bond acceptors (Lipinski definition) is 10. The Labute approximate surface area is 284 Å². The number of ether oxygens (including phenoxy) is 3. The van der Waals surface area contributed by atoms with Gasteiger partial charge in [0.05, 0.1) is 17.5 Å². The fraction of sp³-hybridized carbons (Fsp3) is 0.206. The molecule has 0 radical (unpaired) electrons. The van der Waals surface area contributed by atoms with Crippen LogP contribution in [0.2, 0.25) is 10.0 Å². The van der Waals surface area contributed by atoms with Crippen LogP contribution >= 0.6 is 23.2 Å². The minimum absolute atomic E-state index is 0.112. The van der Waals surface area contributed by atoms with Crippen LogP contribution in [0.15, 0.2) is 95.0 Å². The summed E-state index contributed by atoms with van der Waals surface area (Å²) >= 11 is 12.0. The Hall–Kier alpha value is -5.17. The van der Waals surface area contributed by atoms with Crippen molar-refractivity contribution in [1.29, 1.82) is 0 Å². The van der Waals surface area contributed by atoms with Gasteiger partial charge in [-0.05, 0) is 48.5 Å². The van der Waals surface area contributed by atoms with Crippen molar-refractivity contribution in [2.45, 2.75) is 24.9 Å².